The van der Waals surface area contributed by atoms with Crippen molar-refractivity contribution < 1.29 is 0 Å². The summed E-state index contributed by atoms with van der Waals surface area (Å²) < 4.78 is 1.97. The first-order chi connectivity index (χ1) is 9.17. The second-order valence-corrected chi connectivity index (χ2v) is 6.13. The Morgan fingerprint density at radius 1 is 1.37 bits per heavy atom. The minimum atomic E-state index is 0.619. The molecular formula is C13H21N5S. The molecule has 0 aromatic carbocycles. The van der Waals surface area contributed by atoms with Gasteiger partial charge < -0.3 is 5.32 Å². The fourth-order valence-electron chi connectivity index (χ4n) is 1.78. The Bertz CT molecular complexity index is 503. The zero-order valence-corrected chi connectivity index (χ0v) is 12.6. The third-order valence-corrected chi connectivity index (χ3v) is 3.54. The van der Waals surface area contributed by atoms with E-state index in [-0.39, 0.29) is 0 Å². The monoisotopic (exact) mass is 279 g/mol. The van der Waals surface area contributed by atoms with E-state index in [1.54, 1.807) is 11.3 Å². The maximum atomic E-state index is 4.31. The Hall–Kier alpha value is -1.43. The van der Waals surface area contributed by atoms with Crippen molar-refractivity contribution in [3.8, 4) is 0 Å². The van der Waals surface area contributed by atoms with Crippen molar-refractivity contribution in [1.29, 1.82) is 0 Å². The van der Waals surface area contributed by atoms with Gasteiger partial charge >= 0.3 is 0 Å². The van der Waals surface area contributed by atoms with Crippen molar-refractivity contribution in [1.82, 2.24) is 20.0 Å². The summed E-state index contributed by atoms with van der Waals surface area (Å²) in [6.07, 6.45) is 6.07. The van der Waals surface area contributed by atoms with Gasteiger partial charge in [0.25, 0.3) is 0 Å². The second-order valence-electron chi connectivity index (χ2n) is 5.06. The molecule has 0 amide bonds. The highest BCUT2D eigenvalue weighted by molar-refractivity contribution is 7.15. The van der Waals surface area contributed by atoms with Crippen LogP contribution in [0.4, 0.5) is 5.13 Å². The molecule has 2 aromatic rings. The zero-order valence-electron chi connectivity index (χ0n) is 11.8. The van der Waals surface area contributed by atoms with E-state index in [0.29, 0.717) is 5.92 Å². The number of rotatable bonds is 7. The Morgan fingerprint density at radius 2 is 2.21 bits per heavy atom. The summed E-state index contributed by atoms with van der Waals surface area (Å²) in [4.78, 5) is 0. The lowest BCUT2D eigenvalue weighted by Gasteiger charge is -1.99. The molecule has 0 aliphatic heterocycles. The van der Waals surface area contributed by atoms with E-state index in [1.807, 2.05) is 10.9 Å². The maximum Gasteiger partial charge on any atom is 0.205 e. The first-order valence-electron chi connectivity index (χ1n) is 6.75. The van der Waals surface area contributed by atoms with Gasteiger partial charge in [0.05, 0.1) is 6.20 Å². The van der Waals surface area contributed by atoms with Crippen LogP contribution in [0.15, 0.2) is 12.4 Å². The van der Waals surface area contributed by atoms with Crippen LogP contribution >= 0.6 is 11.3 Å². The summed E-state index contributed by atoms with van der Waals surface area (Å²) in [6.45, 7) is 8.25. The molecule has 2 aromatic heterocycles. The molecule has 0 fully saturated rings. The molecule has 104 valence electrons. The number of aryl methyl sites for hydroxylation is 1. The van der Waals surface area contributed by atoms with Crippen LogP contribution in [0.3, 0.4) is 0 Å². The molecule has 2 heterocycles. The van der Waals surface area contributed by atoms with Crippen LogP contribution in [0, 0.1) is 5.92 Å². The van der Waals surface area contributed by atoms with Gasteiger partial charge in [-0.25, -0.2) is 0 Å². The molecular weight excluding hydrogens is 258 g/mol. The summed E-state index contributed by atoms with van der Waals surface area (Å²) in [6, 6.07) is 0. The molecule has 0 radical (unpaired) electrons. The van der Waals surface area contributed by atoms with Gasteiger partial charge in [-0.2, -0.15) is 5.10 Å². The van der Waals surface area contributed by atoms with Crippen LogP contribution in [-0.4, -0.2) is 20.0 Å². The minimum absolute atomic E-state index is 0.619. The first-order valence-corrected chi connectivity index (χ1v) is 7.56. The predicted octanol–water partition coefficient (Wildman–Crippen LogP) is 2.96. The van der Waals surface area contributed by atoms with E-state index >= 15 is 0 Å². The lowest BCUT2D eigenvalue weighted by atomic mass is 10.1. The molecule has 0 bridgehead atoms. The molecule has 0 aliphatic rings. The molecule has 0 unspecified atom stereocenters. The molecule has 0 atom stereocenters. The maximum absolute atomic E-state index is 4.31. The normalized spacial score (nSPS) is 11.2. The third kappa shape index (κ3) is 4.31. The number of nitrogens with zero attached hydrogens (tertiary/aromatic N) is 4. The molecule has 6 heteroatoms. The first kappa shape index (κ1) is 14.0. The Labute approximate surface area is 118 Å². The van der Waals surface area contributed by atoms with E-state index in [1.165, 1.54) is 5.56 Å². The van der Waals surface area contributed by atoms with Crippen LogP contribution in [-0.2, 0) is 19.5 Å². The molecule has 0 aliphatic carbocycles. The third-order valence-electron chi connectivity index (χ3n) is 2.63. The fraction of sp³-hybridized carbons (Fsp3) is 0.615. The molecule has 0 saturated carbocycles. The van der Waals surface area contributed by atoms with E-state index in [2.05, 4.69) is 47.6 Å². The van der Waals surface area contributed by atoms with Gasteiger partial charge in [-0.3, -0.25) is 4.68 Å². The molecule has 5 nitrogen and oxygen atoms in total. The topological polar surface area (TPSA) is 55.6 Å². The van der Waals surface area contributed by atoms with Gasteiger partial charge in [-0.15, -0.1) is 10.2 Å². The summed E-state index contributed by atoms with van der Waals surface area (Å²) in [5, 5.41) is 17.9. The summed E-state index contributed by atoms with van der Waals surface area (Å²) in [5.41, 5.74) is 1.18. The number of aromatic nitrogens is 4. The van der Waals surface area contributed by atoms with Gasteiger partial charge in [0.1, 0.15) is 5.01 Å². The van der Waals surface area contributed by atoms with E-state index in [9.17, 15) is 0 Å². The van der Waals surface area contributed by atoms with Crippen LogP contribution in [0.25, 0.3) is 0 Å². The van der Waals surface area contributed by atoms with Crippen molar-refractivity contribution in [2.24, 2.45) is 5.92 Å². The Morgan fingerprint density at radius 3 is 2.95 bits per heavy atom. The van der Waals surface area contributed by atoms with E-state index in [4.69, 9.17) is 0 Å². The second kappa shape index (κ2) is 6.65. The average Bonchev–Trinajstić information content (AvgIpc) is 2.96. The zero-order chi connectivity index (χ0) is 13.7. The fourth-order valence-corrected chi connectivity index (χ4v) is 2.73. The molecule has 1 N–H and O–H groups in total. The Balaban J connectivity index is 1.85. The van der Waals surface area contributed by atoms with Crippen molar-refractivity contribution >= 4 is 16.5 Å². The molecule has 19 heavy (non-hydrogen) atoms. The molecule has 0 spiro atoms. The van der Waals surface area contributed by atoms with Gasteiger partial charge in [0.15, 0.2) is 0 Å². The highest BCUT2D eigenvalue weighted by Crippen LogP contribution is 2.18. The number of hydrogen-bond donors (Lipinski definition) is 1. The minimum Gasteiger partial charge on any atom is -0.356 e. The van der Waals surface area contributed by atoms with Crippen LogP contribution in [0.2, 0.25) is 0 Å². The highest BCUT2D eigenvalue weighted by atomic mass is 32.1. The van der Waals surface area contributed by atoms with Crippen molar-refractivity contribution in [3.05, 3.63) is 23.0 Å². The van der Waals surface area contributed by atoms with Crippen molar-refractivity contribution in [2.45, 2.75) is 46.7 Å². The molecule has 2 rings (SSSR count). The van der Waals surface area contributed by atoms with Crippen molar-refractivity contribution in [3.63, 3.8) is 0 Å². The number of nitrogens with one attached hydrogen (secondary N) is 1. The van der Waals surface area contributed by atoms with Gasteiger partial charge in [0, 0.05) is 31.3 Å². The SMILES string of the molecule is CCCn1cc(CNc2nnc(CC(C)C)s2)cn1. The lowest BCUT2D eigenvalue weighted by Crippen LogP contribution is -1.98. The van der Waals surface area contributed by atoms with Crippen molar-refractivity contribution in [2.75, 3.05) is 5.32 Å². The molecule has 0 saturated heterocycles. The summed E-state index contributed by atoms with van der Waals surface area (Å²) in [5.74, 6) is 0.619. The van der Waals surface area contributed by atoms with Gasteiger partial charge in [0.2, 0.25) is 5.13 Å². The van der Waals surface area contributed by atoms with Gasteiger partial charge in [-0.1, -0.05) is 32.1 Å². The average molecular weight is 279 g/mol. The standard InChI is InChI=1S/C13H21N5S/c1-4-5-18-9-11(8-15-18)7-14-13-17-16-12(19-13)6-10(2)3/h8-10H,4-7H2,1-3H3,(H,14,17). The van der Waals surface area contributed by atoms with E-state index in [0.717, 1.165) is 36.1 Å². The van der Waals surface area contributed by atoms with Crippen LogP contribution in [0.5, 0.6) is 0 Å². The Kier molecular flexibility index (Phi) is 4.90. The van der Waals surface area contributed by atoms with Crippen LogP contribution in [0.1, 0.15) is 37.8 Å². The van der Waals surface area contributed by atoms with Gasteiger partial charge in [-0.05, 0) is 12.3 Å². The highest BCUT2D eigenvalue weighted by Gasteiger charge is 2.06. The largest absolute Gasteiger partial charge is 0.356 e. The number of anilines is 1. The number of hydrogen-bond acceptors (Lipinski definition) is 5. The van der Waals surface area contributed by atoms with Crippen LogP contribution < -0.4 is 5.32 Å². The van der Waals surface area contributed by atoms with E-state index < -0.39 is 0 Å². The summed E-state index contributed by atoms with van der Waals surface area (Å²) in [7, 11) is 0. The quantitative estimate of drug-likeness (QED) is 0.846. The summed E-state index contributed by atoms with van der Waals surface area (Å²) >= 11 is 1.64. The smallest absolute Gasteiger partial charge is 0.205 e. The lowest BCUT2D eigenvalue weighted by molar-refractivity contribution is 0.602. The predicted molar refractivity (Wildman–Crippen MR) is 78.3 cm³/mol.